The average Bonchev–Trinajstić information content (AvgIpc) is 3.20. The number of hydrogen-bond acceptors (Lipinski definition) is 2. The summed E-state index contributed by atoms with van der Waals surface area (Å²) in [7, 11) is 0. The van der Waals surface area contributed by atoms with E-state index in [1.807, 2.05) is 0 Å². The first-order chi connectivity index (χ1) is 14.9. The summed E-state index contributed by atoms with van der Waals surface area (Å²) >= 11 is 0. The highest BCUT2D eigenvalue weighted by atomic mass is 15.3. The number of allylic oxidation sites excluding steroid dienone is 1. The zero-order chi connectivity index (χ0) is 20.2. The van der Waals surface area contributed by atoms with E-state index in [2.05, 4.69) is 90.4 Å². The van der Waals surface area contributed by atoms with Crippen LogP contribution in [0.2, 0.25) is 0 Å². The molecule has 30 heavy (non-hydrogen) atoms. The van der Waals surface area contributed by atoms with Crippen molar-refractivity contribution < 1.29 is 0 Å². The van der Waals surface area contributed by atoms with Gasteiger partial charge in [0.05, 0.1) is 6.54 Å². The van der Waals surface area contributed by atoms with Crippen LogP contribution in [0.1, 0.15) is 65.8 Å². The standard InChI is InChI=1S/C28H28N2/c1-3-11-21(12-4-1)27-19-22-13-7-9-17-25(22)28(27)26-18-10-8-14-23(26)20-29-30-24-15-5-2-6-16-24/h1,3-4,7-14,17-19,28-29H,2,5-6,15-16,20H2. The Hall–Kier alpha value is -3.13. The van der Waals surface area contributed by atoms with Crippen molar-refractivity contribution >= 4 is 17.4 Å². The molecule has 0 spiro atoms. The first-order valence-corrected chi connectivity index (χ1v) is 11.1. The van der Waals surface area contributed by atoms with Crippen LogP contribution in [0.25, 0.3) is 11.6 Å². The molecule has 5 rings (SSSR count). The second-order valence-corrected chi connectivity index (χ2v) is 8.30. The lowest BCUT2D eigenvalue weighted by atomic mass is 9.83. The molecule has 0 aliphatic heterocycles. The van der Waals surface area contributed by atoms with Gasteiger partial charge in [0.1, 0.15) is 0 Å². The van der Waals surface area contributed by atoms with E-state index in [9.17, 15) is 0 Å². The van der Waals surface area contributed by atoms with Crippen molar-refractivity contribution in [3.63, 3.8) is 0 Å². The van der Waals surface area contributed by atoms with Gasteiger partial charge in [-0.3, -0.25) is 0 Å². The topological polar surface area (TPSA) is 24.4 Å². The van der Waals surface area contributed by atoms with E-state index in [1.54, 1.807) is 0 Å². The monoisotopic (exact) mass is 392 g/mol. The van der Waals surface area contributed by atoms with Gasteiger partial charge in [-0.25, -0.2) is 0 Å². The Balaban J connectivity index is 1.48. The molecule has 2 aliphatic rings. The lowest BCUT2D eigenvalue weighted by molar-refractivity contribution is 0.646. The van der Waals surface area contributed by atoms with Gasteiger partial charge in [0, 0.05) is 11.6 Å². The summed E-state index contributed by atoms with van der Waals surface area (Å²) in [5, 5.41) is 4.72. The van der Waals surface area contributed by atoms with Gasteiger partial charge >= 0.3 is 0 Å². The van der Waals surface area contributed by atoms with Gasteiger partial charge in [-0.1, -0.05) is 85.3 Å². The second-order valence-electron chi connectivity index (χ2n) is 8.30. The molecule has 1 fully saturated rings. The molecule has 0 radical (unpaired) electrons. The molecule has 0 heterocycles. The molecule has 2 nitrogen and oxygen atoms in total. The third-order valence-electron chi connectivity index (χ3n) is 6.34. The maximum Gasteiger partial charge on any atom is 0.0583 e. The van der Waals surface area contributed by atoms with Gasteiger partial charge < -0.3 is 5.43 Å². The number of hydrogen-bond donors (Lipinski definition) is 1. The van der Waals surface area contributed by atoms with E-state index in [1.165, 1.54) is 58.4 Å². The minimum absolute atomic E-state index is 0.254. The van der Waals surface area contributed by atoms with Crippen LogP contribution in [-0.2, 0) is 6.54 Å². The molecule has 0 saturated heterocycles. The minimum Gasteiger partial charge on any atom is -0.306 e. The van der Waals surface area contributed by atoms with Crippen LogP contribution in [0, 0.1) is 0 Å². The van der Waals surface area contributed by atoms with Crippen LogP contribution < -0.4 is 5.43 Å². The number of benzene rings is 3. The SMILES string of the molecule is C1=C(c2ccccc2)C(c2ccccc2CNN=C2CCCCC2)c2ccccc21. The van der Waals surface area contributed by atoms with Gasteiger partial charge in [0.25, 0.3) is 0 Å². The van der Waals surface area contributed by atoms with E-state index in [4.69, 9.17) is 5.10 Å². The Labute approximate surface area is 179 Å². The molecule has 3 aromatic rings. The van der Waals surface area contributed by atoms with E-state index >= 15 is 0 Å². The lowest BCUT2D eigenvalue weighted by Gasteiger charge is -2.21. The lowest BCUT2D eigenvalue weighted by Crippen LogP contribution is -2.15. The number of hydrazone groups is 1. The summed E-state index contributed by atoms with van der Waals surface area (Å²) in [6.45, 7) is 0.764. The maximum atomic E-state index is 4.72. The molecule has 0 bridgehead atoms. The molecular weight excluding hydrogens is 364 g/mol. The van der Waals surface area contributed by atoms with Crippen molar-refractivity contribution in [3.05, 3.63) is 107 Å². The van der Waals surface area contributed by atoms with Crippen LogP contribution >= 0.6 is 0 Å². The molecule has 2 aliphatic carbocycles. The van der Waals surface area contributed by atoms with Crippen LogP contribution in [0.4, 0.5) is 0 Å². The van der Waals surface area contributed by atoms with E-state index in [0.717, 1.165) is 19.4 Å². The molecule has 0 amide bonds. The summed E-state index contributed by atoms with van der Waals surface area (Å²) < 4.78 is 0. The number of rotatable bonds is 5. The van der Waals surface area contributed by atoms with E-state index < -0.39 is 0 Å². The summed E-state index contributed by atoms with van der Waals surface area (Å²) in [6.07, 6.45) is 8.55. The first kappa shape index (κ1) is 18.9. The highest BCUT2D eigenvalue weighted by Crippen LogP contribution is 2.46. The number of nitrogens with one attached hydrogen (secondary N) is 1. The quantitative estimate of drug-likeness (QED) is 0.475. The predicted octanol–water partition coefficient (Wildman–Crippen LogP) is 6.78. The third-order valence-corrected chi connectivity index (χ3v) is 6.34. The van der Waals surface area contributed by atoms with Crippen molar-refractivity contribution in [3.8, 4) is 0 Å². The Morgan fingerprint density at radius 2 is 1.43 bits per heavy atom. The van der Waals surface area contributed by atoms with Crippen LogP contribution in [0.3, 0.4) is 0 Å². The van der Waals surface area contributed by atoms with Crippen molar-refractivity contribution in [1.29, 1.82) is 0 Å². The fourth-order valence-corrected chi connectivity index (χ4v) is 4.82. The average molecular weight is 393 g/mol. The summed E-state index contributed by atoms with van der Waals surface area (Å²) in [5.74, 6) is 0.254. The molecule has 1 N–H and O–H groups in total. The van der Waals surface area contributed by atoms with Gasteiger partial charge in [0.15, 0.2) is 0 Å². The van der Waals surface area contributed by atoms with Crippen LogP contribution in [0.15, 0.2) is 84.0 Å². The largest absolute Gasteiger partial charge is 0.306 e. The molecule has 150 valence electrons. The zero-order valence-electron chi connectivity index (χ0n) is 17.4. The maximum absolute atomic E-state index is 4.72. The molecule has 1 saturated carbocycles. The Bertz CT molecular complexity index is 1070. The highest BCUT2D eigenvalue weighted by Gasteiger charge is 2.28. The van der Waals surface area contributed by atoms with Crippen molar-refractivity contribution in [2.75, 3.05) is 0 Å². The van der Waals surface area contributed by atoms with E-state index in [-0.39, 0.29) is 5.92 Å². The van der Waals surface area contributed by atoms with Gasteiger partial charge in [0.2, 0.25) is 0 Å². The Morgan fingerprint density at radius 1 is 0.733 bits per heavy atom. The Kier molecular flexibility index (Phi) is 5.48. The molecule has 0 aromatic heterocycles. The number of nitrogens with zero attached hydrogens (tertiary/aromatic N) is 1. The van der Waals surface area contributed by atoms with Crippen LogP contribution in [-0.4, -0.2) is 5.71 Å². The van der Waals surface area contributed by atoms with Gasteiger partial charge in [-0.2, -0.15) is 5.10 Å². The van der Waals surface area contributed by atoms with E-state index in [0.29, 0.717) is 0 Å². The van der Waals surface area contributed by atoms with Crippen molar-refractivity contribution in [2.24, 2.45) is 5.10 Å². The Morgan fingerprint density at radius 3 is 2.27 bits per heavy atom. The zero-order valence-corrected chi connectivity index (χ0v) is 17.4. The van der Waals surface area contributed by atoms with Gasteiger partial charge in [-0.15, -0.1) is 0 Å². The second kappa shape index (κ2) is 8.71. The fraction of sp³-hybridized carbons (Fsp3) is 0.250. The molecule has 1 atom stereocenters. The fourth-order valence-electron chi connectivity index (χ4n) is 4.82. The molecular formula is C28H28N2. The first-order valence-electron chi connectivity index (χ1n) is 11.1. The molecule has 3 aromatic carbocycles. The van der Waals surface area contributed by atoms with Crippen molar-refractivity contribution in [1.82, 2.24) is 5.43 Å². The predicted molar refractivity (Wildman–Crippen MR) is 126 cm³/mol. The number of fused-ring (bicyclic) bond motifs is 1. The molecule has 2 heteroatoms. The van der Waals surface area contributed by atoms with Crippen LogP contribution in [0.5, 0.6) is 0 Å². The molecule has 1 unspecified atom stereocenters. The third kappa shape index (κ3) is 3.82. The summed E-state index contributed by atoms with van der Waals surface area (Å²) in [4.78, 5) is 0. The highest BCUT2D eigenvalue weighted by molar-refractivity contribution is 5.93. The summed E-state index contributed by atoms with van der Waals surface area (Å²) in [6, 6.07) is 28.4. The minimum atomic E-state index is 0.254. The normalized spacial score (nSPS) is 17.9. The van der Waals surface area contributed by atoms with Crippen molar-refractivity contribution in [2.45, 2.75) is 44.6 Å². The van der Waals surface area contributed by atoms with Gasteiger partial charge in [-0.05, 0) is 65.1 Å². The smallest absolute Gasteiger partial charge is 0.0583 e. The summed E-state index contributed by atoms with van der Waals surface area (Å²) in [5.41, 5.74) is 12.8.